The summed E-state index contributed by atoms with van der Waals surface area (Å²) in [5.41, 5.74) is 0. The molecule has 2 rings (SSSR count). The van der Waals surface area contributed by atoms with E-state index in [9.17, 15) is 0 Å². The lowest BCUT2D eigenvalue weighted by Crippen LogP contribution is -2.33. The minimum Gasteiger partial charge on any atom is -0.105 e. The predicted molar refractivity (Wildman–Crippen MR) is 86.7 cm³/mol. The predicted octanol–water partition coefficient (Wildman–Crippen LogP) is 6.38. The Morgan fingerprint density at radius 1 is 1.06 bits per heavy atom. The number of allylic oxidation sites excluding steroid dienone is 1. The van der Waals surface area contributed by atoms with Gasteiger partial charge in [0.1, 0.15) is 0 Å². The van der Waals surface area contributed by atoms with Crippen LogP contribution in [-0.2, 0) is 0 Å². The number of rotatable bonds is 6. The van der Waals surface area contributed by atoms with Gasteiger partial charge in [0.2, 0.25) is 0 Å². The molecule has 0 spiro atoms. The maximum absolute atomic E-state index is 3.83. The van der Waals surface area contributed by atoms with Gasteiger partial charge in [0.25, 0.3) is 0 Å². The van der Waals surface area contributed by atoms with E-state index in [0.29, 0.717) is 0 Å². The summed E-state index contributed by atoms with van der Waals surface area (Å²) in [5.74, 6) is 4.64. The molecule has 0 aromatic heterocycles. The second-order valence-electron chi connectivity index (χ2n) is 6.38. The fourth-order valence-corrected chi connectivity index (χ4v) is 4.60. The van der Waals surface area contributed by atoms with E-state index in [-0.39, 0.29) is 0 Å². The maximum atomic E-state index is 3.83. The van der Waals surface area contributed by atoms with E-state index in [1.165, 1.54) is 75.1 Å². The van der Waals surface area contributed by atoms with E-state index in [1.807, 2.05) is 0 Å². The highest BCUT2D eigenvalue weighted by Crippen LogP contribution is 2.47. The first-order valence-electron chi connectivity index (χ1n) is 8.17. The molecule has 0 radical (unpaired) electrons. The summed E-state index contributed by atoms with van der Waals surface area (Å²) in [6, 6.07) is 0. The molecule has 0 N–H and O–H groups in total. The number of unbranched alkanes of at least 4 members (excludes halogenated alkanes) is 3. The van der Waals surface area contributed by atoms with E-state index in [0.717, 1.165) is 18.3 Å². The Balaban J connectivity index is 1.82. The quantitative estimate of drug-likeness (QED) is 0.394. The molecule has 0 atom stereocenters. The summed E-state index contributed by atoms with van der Waals surface area (Å²) < 4.78 is 1.50. The van der Waals surface area contributed by atoms with Gasteiger partial charge in [-0.05, 0) is 17.3 Å². The minimum atomic E-state index is 0.910. The molecular formula is C16H28BBr. The van der Waals surface area contributed by atoms with Gasteiger partial charge in [0.05, 0.1) is 0 Å². The Morgan fingerprint density at radius 3 is 2.22 bits per heavy atom. The fourth-order valence-electron chi connectivity index (χ4n) is 4.01. The van der Waals surface area contributed by atoms with E-state index >= 15 is 0 Å². The Labute approximate surface area is 122 Å². The lowest BCUT2D eigenvalue weighted by molar-refractivity contribution is 0.447. The number of hydrogen-bond donors (Lipinski definition) is 0. The van der Waals surface area contributed by atoms with Gasteiger partial charge >= 0.3 is 0 Å². The summed E-state index contributed by atoms with van der Waals surface area (Å²) in [6.45, 7) is 3.20. The van der Waals surface area contributed by atoms with Gasteiger partial charge in [-0.3, -0.25) is 0 Å². The van der Waals surface area contributed by atoms with Crippen LogP contribution in [0.25, 0.3) is 0 Å². The summed E-state index contributed by atoms with van der Waals surface area (Å²) >= 11 is 3.83. The highest BCUT2D eigenvalue weighted by Gasteiger charge is 2.37. The third kappa shape index (κ3) is 4.15. The molecule has 0 unspecified atom stereocenters. The van der Waals surface area contributed by atoms with Crippen LogP contribution in [0.2, 0.25) is 11.6 Å². The van der Waals surface area contributed by atoms with E-state index in [1.54, 1.807) is 0 Å². The molecule has 2 heterocycles. The fraction of sp³-hybridized carbons (Fsp3) is 0.875. The Hall–Kier alpha value is 0.285. The Bertz CT molecular complexity index is 252. The summed E-state index contributed by atoms with van der Waals surface area (Å²) in [5, 5.41) is 0. The molecule has 2 fully saturated rings. The van der Waals surface area contributed by atoms with Crippen LogP contribution in [0.3, 0.4) is 0 Å². The molecule has 18 heavy (non-hydrogen) atoms. The Morgan fingerprint density at radius 2 is 1.67 bits per heavy atom. The minimum absolute atomic E-state index is 0.910. The van der Waals surface area contributed by atoms with Gasteiger partial charge in [-0.15, -0.1) is 5.98 Å². The molecule has 0 aromatic carbocycles. The summed E-state index contributed by atoms with van der Waals surface area (Å²) in [4.78, 5) is 0. The SMILES string of the molecule is CCCCCC/C(Br)=C\B1C2CCCC1CCC2. The normalized spacial score (nSPS) is 28.6. The molecular weight excluding hydrogens is 283 g/mol. The molecule has 2 heteroatoms. The van der Waals surface area contributed by atoms with Gasteiger partial charge < -0.3 is 0 Å². The highest BCUT2D eigenvalue weighted by atomic mass is 79.9. The van der Waals surface area contributed by atoms with Crippen LogP contribution in [0, 0.1) is 0 Å². The zero-order valence-electron chi connectivity index (χ0n) is 12.0. The van der Waals surface area contributed by atoms with E-state index in [4.69, 9.17) is 0 Å². The zero-order chi connectivity index (χ0) is 12.8. The van der Waals surface area contributed by atoms with Crippen LogP contribution in [-0.4, -0.2) is 6.71 Å². The van der Waals surface area contributed by atoms with Crippen LogP contribution in [0.5, 0.6) is 0 Å². The Kier molecular flexibility index (Phi) is 6.34. The number of hydrogen-bond acceptors (Lipinski definition) is 0. The van der Waals surface area contributed by atoms with Crippen molar-refractivity contribution in [1.29, 1.82) is 0 Å². The van der Waals surface area contributed by atoms with Crippen molar-refractivity contribution in [2.45, 2.75) is 89.2 Å². The second-order valence-corrected chi connectivity index (χ2v) is 7.40. The van der Waals surface area contributed by atoms with Crippen molar-refractivity contribution in [1.82, 2.24) is 0 Å². The van der Waals surface area contributed by atoms with Gasteiger partial charge in [0, 0.05) is 0 Å². The van der Waals surface area contributed by atoms with E-state index < -0.39 is 0 Å². The van der Waals surface area contributed by atoms with Crippen molar-refractivity contribution < 1.29 is 0 Å². The molecule has 0 amide bonds. The van der Waals surface area contributed by atoms with Crippen LogP contribution < -0.4 is 0 Å². The highest BCUT2D eigenvalue weighted by molar-refractivity contribution is 9.11. The van der Waals surface area contributed by atoms with Gasteiger partial charge in [-0.2, -0.15) is 0 Å². The molecule has 0 saturated carbocycles. The molecule has 2 saturated heterocycles. The second kappa shape index (κ2) is 7.77. The maximum Gasteiger partial charge on any atom is 0.173 e. The van der Waals surface area contributed by atoms with Gasteiger partial charge in [-0.1, -0.05) is 92.3 Å². The topological polar surface area (TPSA) is 0 Å². The lowest BCUT2D eigenvalue weighted by atomic mass is 9.27. The molecule has 0 aliphatic carbocycles. The monoisotopic (exact) mass is 310 g/mol. The first kappa shape index (κ1) is 14.7. The zero-order valence-corrected chi connectivity index (χ0v) is 13.6. The third-order valence-electron chi connectivity index (χ3n) is 5.03. The summed E-state index contributed by atoms with van der Waals surface area (Å²) in [6.07, 6.45) is 15.7. The standard InChI is InChI=1S/C16H28BBr/c1-2-3-4-5-12-16(18)13-17-14-8-6-9-15(17)11-7-10-14/h13-15H,2-12H2,1H3/b16-13+. The van der Waals surface area contributed by atoms with Crippen LogP contribution in [0.15, 0.2) is 10.5 Å². The molecule has 2 aliphatic heterocycles. The van der Waals surface area contributed by atoms with Gasteiger partial charge in [0.15, 0.2) is 6.71 Å². The average Bonchev–Trinajstić information content (AvgIpc) is 2.34. The van der Waals surface area contributed by atoms with E-state index in [2.05, 4.69) is 28.8 Å². The smallest absolute Gasteiger partial charge is 0.105 e. The van der Waals surface area contributed by atoms with Crippen molar-refractivity contribution in [2.24, 2.45) is 0 Å². The summed E-state index contributed by atoms with van der Waals surface area (Å²) in [7, 11) is 0. The molecule has 2 bridgehead atoms. The van der Waals surface area contributed by atoms with Crippen LogP contribution in [0.4, 0.5) is 0 Å². The first-order chi connectivity index (χ1) is 8.81. The van der Waals surface area contributed by atoms with Crippen molar-refractivity contribution in [2.75, 3.05) is 0 Å². The van der Waals surface area contributed by atoms with Crippen molar-refractivity contribution in [3.63, 3.8) is 0 Å². The van der Waals surface area contributed by atoms with Crippen molar-refractivity contribution in [3.8, 4) is 0 Å². The number of halogens is 1. The van der Waals surface area contributed by atoms with Crippen LogP contribution >= 0.6 is 15.9 Å². The third-order valence-corrected chi connectivity index (χ3v) is 5.69. The molecule has 2 aliphatic rings. The molecule has 102 valence electrons. The van der Waals surface area contributed by atoms with Gasteiger partial charge in [-0.25, -0.2) is 0 Å². The average molecular weight is 311 g/mol. The molecule has 0 aromatic rings. The largest absolute Gasteiger partial charge is 0.173 e. The van der Waals surface area contributed by atoms with Crippen molar-refractivity contribution in [3.05, 3.63) is 10.5 Å². The molecule has 0 nitrogen and oxygen atoms in total. The van der Waals surface area contributed by atoms with Crippen LogP contribution in [0.1, 0.15) is 77.6 Å². The number of fused-ring (bicyclic) bond motifs is 2. The lowest BCUT2D eigenvalue weighted by Gasteiger charge is -2.39. The van der Waals surface area contributed by atoms with Crippen molar-refractivity contribution >= 4 is 22.6 Å². The first-order valence-corrected chi connectivity index (χ1v) is 8.96.